The molecule has 3 fully saturated rings. The van der Waals surface area contributed by atoms with Gasteiger partial charge in [0.2, 0.25) is 23.5 Å². The molecule has 0 radical (unpaired) electrons. The van der Waals surface area contributed by atoms with Crippen LogP contribution in [0.1, 0.15) is 61.4 Å². The second kappa shape index (κ2) is 18.3. The smallest absolute Gasteiger partial charge is 0.301 e. The predicted molar refractivity (Wildman–Crippen MR) is 230 cm³/mol. The fraction of sp³-hybridized carbons (Fsp3) is 0.395. The summed E-state index contributed by atoms with van der Waals surface area (Å²) in [6, 6.07) is 7.71. The molecule has 3 aliphatic rings. The van der Waals surface area contributed by atoms with Gasteiger partial charge in [-0.05, 0) is 74.4 Å². The average molecular weight is 889 g/mol. The van der Waals surface area contributed by atoms with Gasteiger partial charge < -0.3 is 24.8 Å². The van der Waals surface area contributed by atoms with Gasteiger partial charge in [-0.25, -0.2) is 28.1 Å². The van der Waals surface area contributed by atoms with E-state index < -0.39 is 50.8 Å². The first-order valence-corrected chi connectivity index (χ1v) is 22.3. The third-order valence-corrected chi connectivity index (χ3v) is 13.5. The predicted octanol–water partition coefficient (Wildman–Crippen LogP) is 5.40. The number of rotatable bonds is 14. The summed E-state index contributed by atoms with van der Waals surface area (Å²) in [6.45, 7) is 5.11. The van der Waals surface area contributed by atoms with E-state index in [-0.39, 0.29) is 36.4 Å². The fourth-order valence-corrected chi connectivity index (χ4v) is 9.00. The number of H-pyrrole nitrogens is 1. The summed E-state index contributed by atoms with van der Waals surface area (Å²) >= 11 is 0. The Morgan fingerprint density at radius 3 is 2.32 bits per heavy atom. The second-order valence-electron chi connectivity index (χ2n) is 16.0. The second-order valence-corrected chi connectivity index (χ2v) is 17.8. The fourth-order valence-electron chi connectivity index (χ4n) is 8.06. The van der Waals surface area contributed by atoms with Gasteiger partial charge in [0.1, 0.15) is 23.3 Å². The van der Waals surface area contributed by atoms with Crippen molar-refractivity contribution in [2.75, 3.05) is 66.2 Å². The van der Waals surface area contributed by atoms with E-state index in [9.17, 15) is 22.8 Å². The van der Waals surface area contributed by atoms with E-state index in [4.69, 9.17) is 4.74 Å². The number of nitrogens with one attached hydrogen (secondary N) is 4. The average Bonchev–Trinajstić information content (AvgIpc) is 3.71. The normalized spacial score (nSPS) is 18.0. The van der Waals surface area contributed by atoms with E-state index in [1.807, 2.05) is 4.90 Å². The van der Waals surface area contributed by atoms with Gasteiger partial charge >= 0.3 is 10.2 Å². The number of imide groups is 1. The Morgan fingerprint density at radius 1 is 0.905 bits per heavy atom. The van der Waals surface area contributed by atoms with Crippen LogP contribution in [0.2, 0.25) is 0 Å². The van der Waals surface area contributed by atoms with Crippen LogP contribution in [0.5, 0.6) is 0 Å². The summed E-state index contributed by atoms with van der Waals surface area (Å²) in [5.41, 5.74) is 0.947. The number of pyridine rings is 1. The molecule has 4 N–H and O–H groups in total. The maximum atomic E-state index is 15.6. The number of hydrogen-bond acceptors (Lipinski definition) is 12. The van der Waals surface area contributed by atoms with Gasteiger partial charge in [-0.3, -0.25) is 24.4 Å². The van der Waals surface area contributed by atoms with Crippen LogP contribution in [0.25, 0.3) is 22.2 Å². The number of hydrogen-bond donors (Lipinski definition) is 4. The third kappa shape index (κ3) is 9.47. The van der Waals surface area contributed by atoms with Crippen LogP contribution in [0.4, 0.5) is 36.2 Å². The Balaban J connectivity index is 0.825. The van der Waals surface area contributed by atoms with E-state index in [2.05, 4.69) is 40.2 Å². The van der Waals surface area contributed by atoms with Gasteiger partial charge in [-0.15, -0.1) is 0 Å². The van der Waals surface area contributed by atoms with E-state index in [1.165, 1.54) is 19.3 Å². The van der Waals surface area contributed by atoms with E-state index >= 15 is 13.2 Å². The van der Waals surface area contributed by atoms with Crippen molar-refractivity contribution in [1.82, 2.24) is 29.6 Å². The molecule has 1 atom stereocenters. The molecule has 63 heavy (non-hydrogen) atoms. The topological polar surface area (TPSA) is 195 Å². The minimum absolute atomic E-state index is 0.0588. The molecule has 8 rings (SSSR count). The molecule has 1 unspecified atom stereocenters. The van der Waals surface area contributed by atoms with Gasteiger partial charge in [0, 0.05) is 105 Å². The van der Waals surface area contributed by atoms with Crippen molar-refractivity contribution in [1.29, 1.82) is 0 Å². The summed E-state index contributed by atoms with van der Waals surface area (Å²) in [7, 11) is -2.85. The zero-order chi connectivity index (χ0) is 44.4. The first-order valence-electron chi connectivity index (χ1n) is 20.9. The Morgan fingerprint density at radius 2 is 1.62 bits per heavy atom. The first kappa shape index (κ1) is 43.5. The SMILES string of the molecule is CCN(C)S(=O)(=O)Nc1ccc(F)c(C(=O)c2c[nH]c3ncc(-c4cnc(N5CCC(OCC6CCN(c7ccc(NC8CCC(=O)NC8=O)cc7F)CC6)CC5)nc4)cc23)c1F. The minimum Gasteiger partial charge on any atom is -0.378 e. The lowest BCUT2D eigenvalue weighted by atomic mass is 9.97. The lowest BCUT2D eigenvalue weighted by Gasteiger charge is -2.36. The number of aromatic nitrogens is 4. The van der Waals surface area contributed by atoms with Crippen molar-refractivity contribution in [3.05, 3.63) is 89.8 Å². The van der Waals surface area contributed by atoms with Crippen LogP contribution < -0.4 is 25.2 Å². The number of piperidine rings is 3. The quantitative estimate of drug-likeness (QED) is 0.0821. The number of ether oxygens (including phenoxy) is 1. The van der Waals surface area contributed by atoms with Crippen LogP contribution >= 0.6 is 0 Å². The zero-order valence-corrected chi connectivity index (χ0v) is 35.5. The van der Waals surface area contributed by atoms with Crippen molar-refractivity contribution < 1.29 is 40.7 Å². The number of carbonyl (C=O) groups excluding carboxylic acids is 3. The van der Waals surface area contributed by atoms with Crippen molar-refractivity contribution in [2.24, 2.45) is 5.92 Å². The van der Waals surface area contributed by atoms with Crippen LogP contribution in [0, 0.1) is 23.4 Å². The highest BCUT2D eigenvalue weighted by molar-refractivity contribution is 7.90. The maximum absolute atomic E-state index is 15.6. The maximum Gasteiger partial charge on any atom is 0.301 e. The van der Waals surface area contributed by atoms with Crippen LogP contribution in [0.3, 0.4) is 0 Å². The number of amides is 2. The van der Waals surface area contributed by atoms with Crippen LogP contribution in [-0.4, -0.2) is 109 Å². The van der Waals surface area contributed by atoms with Crippen LogP contribution in [-0.2, 0) is 24.5 Å². The minimum atomic E-state index is -4.15. The molecule has 3 aromatic heterocycles. The molecule has 5 aromatic rings. The number of ketones is 1. The third-order valence-electron chi connectivity index (χ3n) is 11.9. The Bertz CT molecular complexity index is 2630. The van der Waals surface area contributed by atoms with Gasteiger partial charge in [0.25, 0.3) is 0 Å². The first-order chi connectivity index (χ1) is 30.3. The summed E-state index contributed by atoms with van der Waals surface area (Å²) < 4.78 is 80.2. The Hall–Kier alpha value is -6.12. The summed E-state index contributed by atoms with van der Waals surface area (Å²) in [6.07, 6.45) is 10.2. The molecule has 20 heteroatoms. The van der Waals surface area contributed by atoms with Gasteiger partial charge in [-0.1, -0.05) is 6.92 Å². The van der Waals surface area contributed by atoms with Gasteiger partial charge in [0.15, 0.2) is 5.82 Å². The Labute approximate surface area is 361 Å². The van der Waals surface area contributed by atoms with Gasteiger partial charge in [-0.2, -0.15) is 12.7 Å². The molecule has 0 aliphatic carbocycles. The van der Waals surface area contributed by atoms with Crippen molar-refractivity contribution in [3.8, 4) is 11.1 Å². The summed E-state index contributed by atoms with van der Waals surface area (Å²) in [5.74, 6) is -3.65. The van der Waals surface area contributed by atoms with E-state index in [0.717, 1.165) is 42.1 Å². The molecule has 3 saturated heterocycles. The summed E-state index contributed by atoms with van der Waals surface area (Å²) in [4.78, 5) is 57.8. The van der Waals surface area contributed by atoms with Crippen molar-refractivity contribution in [3.63, 3.8) is 0 Å². The number of carbonyl (C=O) groups is 3. The monoisotopic (exact) mass is 888 g/mol. The molecule has 3 aliphatic heterocycles. The summed E-state index contributed by atoms with van der Waals surface area (Å²) in [5, 5.41) is 5.63. The van der Waals surface area contributed by atoms with E-state index in [1.54, 1.807) is 43.7 Å². The molecule has 2 aromatic carbocycles. The Kier molecular flexibility index (Phi) is 12.6. The van der Waals surface area contributed by atoms with E-state index in [0.29, 0.717) is 84.6 Å². The number of halogens is 3. The highest BCUT2D eigenvalue weighted by Crippen LogP contribution is 2.32. The van der Waals surface area contributed by atoms with Crippen LogP contribution in [0.15, 0.2) is 61.2 Å². The lowest BCUT2D eigenvalue weighted by Crippen LogP contribution is -2.47. The largest absolute Gasteiger partial charge is 0.378 e. The molecular formula is C43H47F3N10O6S. The molecule has 0 spiro atoms. The number of fused-ring (bicyclic) bond motifs is 1. The zero-order valence-electron chi connectivity index (χ0n) is 34.7. The number of aromatic amines is 1. The highest BCUT2D eigenvalue weighted by atomic mass is 32.2. The molecule has 332 valence electrons. The number of benzene rings is 2. The lowest BCUT2D eigenvalue weighted by molar-refractivity contribution is -0.133. The molecule has 0 bridgehead atoms. The molecule has 6 heterocycles. The molecule has 2 amide bonds. The molecule has 16 nitrogen and oxygen atoms in total. The molecular weight excluding hydrogens is 842 g/mol. The highest BCUT2D eigenvalue weighted by Gasteiger charge is 2.30. The van der Waals surface area contributed by atoms with Crippen molar-refractivity contribution >= 4 is 61.9 Å². The van der Waals surface area contributed by atoms with Gasteiger partial charge in [0.05, 0.1) is 23.0 Å². The molecule has 0 saturated carbocycles. The number of anilines is 4. The number of nitrogens with zero attached hydrogens (tertiary/aromatic N) is 6. The standard InChI is InChI=1S/C43H47F3N10O6S/c1-3-54(2)63(60,61)53-34-6-5-32(44)38(39(34)46)40(58)31-23-48-41-30(31)18-26(20-47-41)27-21-49-43(50-22-27)56-16-12-29(13-17-56)62-24-25-10-14-55(15-11-25)36-8-4-28(19-33(36)45)51-35-7-9-37(57)52-42(35)59/h4-6,8,18-23,25,29,35,51,53H,3,7,9-17,24H2,1-2H3,(H,47,48)(H,52,57,59). The van der Waals surface area contributed by atoms with Crippen molar-refractivity contribution in [2.45, 2.75) is 57.6 Å².